The summed E-state index contributed by atoms with van der Waals surface area (Å²) in [6.45, 7) is 4.71. The number of amides is 1. The zero-order valence-electron chi connectivity index (χ0n) is 8.55. The Morgan fingerprint density at radius 2 is 2.00 bits per heavy atom. The Kier molecular flexibility index (Phi) is 2.68. The number of nitrogens with one attached hydrogen (secondary N) is 1. The van der Waals surface area contributed by atoms with E-state index in [2.05, 4.69) is 5.32 Å². The topological polar surface area (TPSA) is 66.4 Å². The minimum Gasteiger partial charge on any atom is -0.480 e. The maximum atomic E-state index is 10.8. The van der Waals surface area contributed by atoms with Gasteiger partial charge in [0.1, 0.15) is 6.04 Å². The van der Waals surface area contributed by atoms with Crippen molar-refractivity contribution < 1.29 is 16.1 Å². The van der Waals surface area contributed by atoms with Gasteiger partial charge < -0.3 is 10.4 Å². The standard InChI is InChI=1S/C8H15NO3/c1-5(10)9-6(7(11)12)8(2,3)4/h6H,1-4H3,(H,9,10)(H,11,12)/t6-/m1/s1/i1D. The fourth-order valence-electron chi connectivity index (χ4n) is 0.810. The summed E-state index contributed by atoms with van der Waals surface area (Å²) in [5.41, 5.74) is -0.545. The monoisotopic (exact) mass is 174 g/mol. The summed E-state index contributed by atoms with van der Waals surface area (Å²) < 4.78 is 6.74. The first-order valence-electron chi connectivity index (χ1n) is 4.31. The number of carbonyl (C=O) groups excluding carboxylic acids is 1. The molecule has 4 nitrogen and oxygen atoms in total. The molecule has 0 spiro atoms. The first-order valence-corrected chi connectivity index (χ1v) is 3.60. The highest BCUT2D eigenvalue weighted by molar-refractivity contribution is 5.82. The lowest BCUT2D eigenvalue weighted by Crippen LogP contribution is -2.48. The molecule has 0 saturated carbocycles. The number of hydrogen-bond acceptors (Lipinski definition) is 2. The van der Waals surface area contributed by atoms with E-state index >= 15 is 0 Å². The van der Waals surface area contributed by atoms with Gasteiger partial charge in [0.15, 0.2) is 0 Å². The van der Waals surface area contributed by atoms with Crippen LogP contribution >= 0.6 is 0 Å². The van der Waals surface area contributed by atoms with Crippen molar-refractivity contribution in [1.82, 2.24) is 5.32 Å². The van der Waals surface area contributed by atoms with Crippen LogP contribution in [0.4, 0.5) is 0 Å². The number of carboxylic acids is 1. The molecule has 0 heterocycles. The average Bonchev–Trinajstić information content (AvgIpc) is 1.96. The van der Waals surface area contributed by atoms with Crippen molar-refractivity contribution in [2.24, 2.45) is 5.41 Å². The Morgan fingerprint density at radius 1 is 1.50 bits per heavy atom. The van der Waals surface area contributed by atoms with Crippen molar-refractivity contribution >= 4 is 11.9 Å². The molecule has 0 fully saturated rings. The summed E-state index contributed by atoms with van der Waals surface area (Å²) in [5, 5.41) is 11.1. The molecule has 0 saturated heterocycles. The maximum absolute atomic E-state index is 10.8. The van der Waals surface area contributed by atoms with Gasteiger partial charge in [0.05, 0.1) is 0 Å². The van der Waals surface area contributed by atoms with Crippen LogP contribution in [0, 0.1) is 5.41 Å². The molecule has 4 heteroatoms. The first kappa shape index (κ1) is 9.03. The Labute approximate surface area is 73.4 Å². The van der Waals surface area contributed by atoms with Crippen LogP contribution in [0.15, 0.2) is 0 Å². The number of carbonyl (C=O) groups is 2. The number of aliphatic carboxylic acids is 1. The van der Waals surface area contributed by atoms with Crippen molar-refractivity contribution in [3.05, 3.63) is 0 Å². The van der Waals surface area contributed by atoms with Crippen LogP contribution in [0.5, 0.6) is 0 Å². The first-order chi connectivity index (χ1) is 5.79. The van der Waals surface area contributed by atoms with Gasteiger partial charge >= 0.3 is 5.97 Å². The van der Waals surface area contributed by atoms with E-state index in [1.165, 1.54) is 0 Å². The van der Waals surface area contributed by atoms with E-state index in [9.17, 15) is 9.59 Å². The fraction of sp³-hybridized carbons (Fsp3) is 0.750. The van der Waals surface area contributed by atoms with Crippen molar-refractivity contribution in [1.29, 1.82) is 0 Å². The molecule has 70 valence electrons. The van der Waals surface area contributed by atoms with Gasteiger partial charge in [-0.1, -0.05) is 20.8 Å². The molecule has 0 bridgehead atoms. The van der Waals surface area contributed by atoms with Crippen LogP contribution in [0.1, 0.15) is 29.0 Å². The molecule has 12 heavy (non-hydrogen) atoms. The Hall–Kier alpha value is -1.06. The molecular formula is C8H15NO3. The average molecular weight is 174 g/mol. The second-order valence-corrected chi connectivity index (χ2v) is 3.70. The third-order valence-electron chi connectivity index (χ3n) is 1.42. The molecule has 0 aromatic rings. The Balaban J connectivity index is 4.46. The molecule has 0 rings (SSSR count). The minimum atomic E-state index is -1.07. The second kappa shape index (κ2) is 3.56. The number of hydrogen-bond donors (Lipinski definition) is 2. The summed E-state index contributed by atoms with van der Waals surface area (Å²) in [4.78, 5) is 21.5. The quantitative estimate of drug-likeness (QED) is 0.645. The van der Waals surface area contributed by atoms with Gasteiger partial charge in [-0.15, -0.1) is 0 Å². The van der Waals surface area contributed by atoms with Crippen molar-refractivity contribution in [2.45, 2.75) is 33.7 Å². The Morgan fingerprint density at radius 3 is 2.25 bits per heavy atom. The highest BCUT2D eigenvalue weighted by atomic mass is 16.4. The van der Waals surface area contributed by atoms with E-state index in [0.29, 0.717) is 0 Å². The third-order valence-corrected chi connectivity index (χ3v) is 1.42. The summed E-state index contributed by atoms with van der Waals surface area (Å²) in [5.74, 6) is -1.64. The van der Waals surface area contributed by atoms with Crippen molar-refractivity contribution in [3.63, 3.8) is 0 Å². The molecule has 0 aliphatic heterocycles. The van der Waals surface area contributed by atoms with Crippen LogP contribution in [0.25, 0.3) is 0 Å². The summed E-state index contributed by atoms with van der Waals surface area (Å²) in [6.07, 6.45) is 0. The molecule has 1 amide bonds. The second-order valence-electron chi connectivity index (χ2n) is 3.70. The van der Waals surface area contributed by atoms with Gasteiger partial charge in [-0.25, -0.2) is 4.79 Å². The predicted octanol–water partition coefficient (Wildman–Crippen LogP) is 0.622. The predicted molar refractivity (Wildman–Crippen MR) is 44.7 cm³/mol. The third kappa shape index (κ3) is 3.37. The van der Waals surface area contributed by atoms with Crippen molar-refractivity contribution in [2.75, 3.05) is 0 Å². The van der Waals surface area contributed by atoms with E-state index in [1.54, 1.807) is 20.8 Å². The van der Waals surface area contributed by atoms with Gasteiger partial charge in [-0.2, -0.15) is 0 Å². The normalized spacial score (nSPS) is 14.8. The molecule has 0 aromatic carbocycles. The summed E-state index contributed by atoms with van der Waals surface area (Å²) in [7, 11) is 0. The van der Waals surface area contributed by atoms with E-state index in [4.69, 9.17) is 6.48 Å². The molecule has 1 atom stereocenters. The zero-order valence-corrected chi connectivity index (χ0v) is 7.55. The molecule has 0 aliphatic carbocycles. The van der Waals surface area contributed by atoms with E-state index < -0.39 is 30.2 Å². The SMILES string of the molecule is [2H]CC(=O)N[C@H](C(=O)O)C(C)(C)C. The Bertz CT molecular complexity index is 210. The summed E-state index contributed by atoms with van der Waals surface area (Å²) >= 11 is 0. The highest BCUT2D eigenvalue weighted by Crippen LogP contribution is 2.19. The minimum absolute atomic E-state index is 0.445. The van der Waals surface area contributed by atoms with Gasteiger partial charge in [-0.05, 0) is 5.41 Å². The van der Waals surface area contributed by atoms with Crippen LogP contribution in [0.2, 0.25) is 0 Å². The maximum Gasteiger partial charge on any atom is 0.326 e. The molecule has 0 unspecified atom stereocenters. The van der Waals surface area contributed by atoms with Crippen molar-refractivity contribution in [3.8, 4) is 0 Å². The van der Waals surface area contributed by atoms with Gasteiger partial charge in [0.2, 0.25) is 5.91 Å². The van der Waals surface area contributed by atoms with Gasteiger partial charge in [-0.3, -0.25) is 4.79 Å². The van der Waals surface area contributed by atoms with Crippen LogP contribution < -0.4 is 5.32 Å². The zero-order chi connectivity index (χ0) is 10.6. The smallest absolute Gasteiger partial charge is 0.326 e. The number of carboxylic acid groups (broad SMARTS) is 1. The molecule has 0 radical (unpaired) electrons. The van der Waals surface area contributed by atoms with Gasteiger partial charge in [0.25, 0.3) is 0 Å². The van der Waals surface area contributed by atoms with Gasteiger partial charge in [0, 0.05) is 8.27 Å². The molecule has 2 N–H and O–H groups in total. The fourth-order valence-corrected chi connectivity index (χ4v) is 0.810. The molecule has 0 aliphatic rings. The van der Waals surface area contributed by atoms with E-state index in [1.807, 2.05) is 0 Å². The van der Waals surface area contributed by atoms with Crippen LogP contribution in [-0.2, 0) is 9.59 Å². The highest BCUT2D eigenvalue weighted by Gasteiger charge is 2.31. The van der Waals surface area contributed by atoms with E-state index in [0.717, 1.165) is 0 Å². The molecular weight excluding hydrogens is 158 g/mol. The largest absolute Gasteiger partial charge is 0.480 e. The lowest BCUT2D eigenvalue weighted by molar-refractivity contribution is -0.144. The molecule has 0 aromatic heterocycles. The van der Waals surface area contributed by atoms with E-state index in [-0.39, 0.29) is 0 Å². The summed E-state index contributed by atoms with van der Waals surface area (Å²) in [6, 6.07) is -0.939. The van der Waals surface area contributed by atoms with Crippen LogP contribution in [0.3, 0.4) is 0 Å². The lowest BCUT2D eigenvalue weighted by atomic mass is 9.87. The van der Waals surface area contributed by atoms with Crippen LogP contribution in [-0.4, -0.2) is 23.0 Å². The lowest BCUT2D eigenvalue weighted by Gasteiger charge is -2.27. The number of rotatable bonds is 2.